The van der Waals surface area contributed by atoms with E-state index in [2.05, 4.69) is 26.4 Å². The summed E-state index contributed by atoms with van der Waals surface area (Å²) < 4.78 is 4.85. The molecular formula is C16H19N5O4S. The van der Waals surface area contributed by atoms with Gasteiger partial charge in [0.2, 0.25) is 11.8 Å². The number of nitrogens with zero attached hydrogens (tertiary/aromatic N) is 1. The van der Waals surface area contributed by atoms with Crippen LogP contribution in [0.5, 0.6) is 0 Å². The smallest absolute Gasteiger partial charge is 0.318 e. The van der Waals surface area contributed by atoms with Crippen LogP contribution in [-0.2, 0) is 9.59 Å². The average Bonchev–Trinajstić information content (AvgIpc) is 3.01. The van der Waals surface area contributed by atoms with Gasteiger partial charge in [-0.25, -0.2) is 4.79 Å². The molecule has 0 atom stereocenters. The van der Waals surface area contributed by atoms with Crippen LogP contribution in [0.3, 0.4) is 0 Å². The van der Waals surface area contributed by atoms with Crippen molar-refractivity contribution >= 4 is 46.8 Å². The van der Waals surface area contributed by atoms with Crippen molar-refractivity contribution in [1.82, 2.24) is 10.5 Å². The van der Waals surface area contributed by atoms with Crippen molar-refractivity contribution in [2.75, 3.05) is 34.5 Å². The maximum Gasteiger partial charge on any atom is 0.318 e. The molecule has 1 aromatic carbocycles. The van der Waals surface area contributed by atoms with E-state index in [0.29, 0.717) is 23.0 Å². The summed E-state index contributed by atoms with van der Waals surface area (Å²) >= 11 is 1.18. The number of anilines is 3. The summed E-state index contributed by atoms with van der Waals surface area (Å²) in [5, 5.41) is 14.0. The number of urea groups is 1. The number of aromatic nitrogens is 1. The monoisotopic (exact) mass is 377 g/mol. The lowest BCUT2D eigenvalue weighted by Gasteiger charge is -2.07. The van der Waals surface area contributed by atoms with Crippen molar-refractivity contribution in [2.45, 2.75) is 6.92 Å². The lowest BCUT2D eigenvalue weighted by molar-refractivity contribution is -0.114. The quantitative estimate of drug-likeness (QED) is 0.585. The fraction of sp³-hybridized carbons (Fsp3) is 0.250. The number of benzene rings is 1. The predicted molar refractivity (Wildman–Crippen MR) is 100 cm³/mol. The largest absolute Gasteiger partial charge is 0.360 e. The third kappa shape index (κ3) is 6.48. The van der Waals surface area contributed by atoms with Crippen LogP contribution >= 0.6 is 11.8 Å². The van der Waals surface area contributed by atoms with Crippen molar-refractivity contribution in [3.8, 4) is 0 Å². The van der Waals surface area contributed by atoms with Gasteiger partial charge in [-0.3, -0.25) is 9.59 Å². The van der Waals surface area contributed by atoms with E-state index < -0.39 is 0 Å². The van der Waals surface area contributed by atoms with Gasteiger partial charge >= 0.3 is 6.03 Å². The molecule has 2 rings (SSSR count). The topological polar surface area (TPSA) is 125 Å². The van der Waals surface area contributed by atoms with E-state index >= 15 is 0 Å². The molecule has 0 aliphatic rings. The number of thioether (sulfide) groups is 1. The Hall–Kier alpha value is -3.01. The molecule has 10 heteroatoms. The van der Waals surface area contributed by atoms with Gasteiger partial charge in [-0.15, -0.1) is 11.8 Å². The molecule has 26 heavy (non-hydrogen) atoms. The minimum Gasteiger partial charge on any atom is -0.360 e. The van der Waals surface area contributed by atoms with Gasteiger partial charge in [-0.05, 0) is 31.2 Å². The lowest BCUT2D eigenvalue weighted by atomic mass is 10.3. The van der Waals surface area contributed by atoms with Crippen LogP contribution in [0.25, 0.3) is 0 Å². The zero-order chi connectivity index (χ0) is 18.9. The molecule has 1 aromatic heterocycles. The Balaban J connectivity index is 1.69. The van der Waals surface area contributed by atoms with E-state index in [1.165, 1.54) is 18.8 Å². The number of carbonyl (C=O) groups is 3. The molecule has 2 aromatic rings. The normalized spacial score (nSPS) is 10.1. The molecule has 1 heterocycles. The predicted octanol–water partition coefficient (Wildman–Crippen LogP) is 2.04. The zero-order valence-electron chi connectivity index (χ0n) is 14.3. The Morgan fingerprint density at radius 3 is 2.12 bits per heavy atom. The first-order valence-corrected chi connectivity index (χ1v) is 8.81. The first kappa shape index (κ1) is 19.3. The van der Waals surface area contributed by atoms with Gasteiger partial charge in [0.1, 0.15) is 5.76 Å². The molecular weight excluding hydrogens is 358 g/mol. The first-order chi connectivity index (χ1) is 12.5. The minimum absolute atomic E-state index is 0.119. The number of hydrogen-bond acceptors (Lipinski definition) is 6. The first-order valence-electron chi connectivity index (χ1n) is 7.66. The number of aryl methyl sites for hydroxylation is 1. The van der Waals surface area contributed by atoms with E-state index in [1.54, 1.807) is 37.3 Å². The van der Waals surface area contributed by atoms with Gasteiger partial charge in [0.15, 0.2) is 5.82 Å². The molecule has 0 spiro atoms. The molecule has 0 aliphatic carbocycles. The standard InChI is InChI=1S/C16H19N5O4S/c1-10-7-13(21-25-10)20-15(23)9-26-8-14(22)18-11-3-5-12(6-4-11)19-16(24)17-2/h3-7H,8-9H2,1-2H3,(H,18,22)(H2,17,19,24)(H,20,21,23). The van der Waals surface area contributed by atoms with E-state index in [4.69, 9.17) is 4.52 Å². The average molecular weight is 377 g/mol. The van der Waals surface area contributed by atoms with E-state index in [-0.39, 0.29) is 29.4 Å². The van der Waals surface area contributed by atoms with Gasteiger partial charge in [0.25, 0.3) is 0 Å². The number of hydrogen-bond donors (Lipinski definition) is 4. The summed E-state index contributed by atoms with van der Waals surface area (Å²) in [5.74, 6) is 0.706. The molecule has 0 saturated heterocycles. The Labute approximate surface area is 154 Å². The van der Waals surface area contributed by atoms with Crippen LogP contribution in [0.15, 0.2) is 34.9 Å². The van der Waals surface area contributed by atoms with Gasteiger partial charge < -0.3 is 25.8 Å². The van der Waals surface area contributed by atoms with E-state index in [9.17, 15) is 14.4 Å². The fourth-order valence-corrected chi connectivity index (χ4v) is 2.49. The molecule has 0 fully saturated rings. The summed E-state index contributed by atoms with van der Waals surface area (Å²) in [4.78, 5) is 34.8. The van der Waals surface area contributed by atoms with Crippen molar-refractivity contribution in [3.63, 3.8) is 0 Å². The van der Waals surface area contributed by atoms with Gasteiger partial charge in [-0.1, -0.05) is 5.16 Å². The number of carbonyl (C=O) groups excluding carboxylic acids is 3. The highest BCUT2D eigenvalue weighted by molar-refractivity contribution is 8.00. The lowest BCUT2D eigenvalue weighted by Crippen LogP contribution is -2.24. The van der Waals surface area contributed by atoms with Crippen molar-refractivity contribution in [3.05, 3.63) is 36.1 Å². The molecule has 4 N–H and O–H groups in total. The highest BCUT2D eigenvalue weighted by Gasteiger charge is 2.09. The highest BCUT2D eigenvalue weighted by Crippen LogP contribution is 2.14. The Kier molecular flexibility index (Phi) is 7.03. The second kappa shape index (κ2) is 9.47. The van der Waals surface area contributed by atoms with Crippen LogP contribution < -0.4 is 21.3 Å². The summed E-state index contributed by atoms with van der Waals surface area (Å²) in [6, 6.07) is 7.98. The molecule has 9 nitrogen and oxygen atoms in total. The molecule has 0 bridgehead atoms. The van der Waals surface area contributed by atoms with E-state index in [0.717, 1.165) is 0 Å². The second-order valence-corrected chi connectivity index (χ2v) is 6.18. The Bertz CT molecular complexity index is 775. The summed E-state index contributed by atoms with van der Waals surface area (Å²) in [5.41, 5.74) is 1.21. The minimum atomic E-state index is -0.322. The van der Waals surface area contributed by atoms with Gasteiger partial charge in [-0.2, -0.15) is 0 Å². The second-order valence-electron chi connectivity index (χ2n) is 5.19. The fourth-order valence-electron chi connectivity index (χ4n) is 1.87. The van der Waals surface area contributed by atoms with Gasteiger partial charge in [0, 0.05) is 24.5 Å². The molecule has 4 amide bonds. The maximum absolute atomic E-state index is 11.9. The van der Waals surface area contributed by atoms with Crippen LogP contribution in [0.4, 0.5) is 22.0 Å². The molecule has 138 valence electrons. The Morgan fingerprint density at radius 1 is 1.00 bits per heavy atom. The molecule has 0 unspecified atom stereocenters. The summed E-state index contributed by atoms with van der Waals surface area (Å²) in [6.45, 7) is 1.73. The number of amides is 4. The Morgan fingerprint density at radius 2 is 1.58 bits per heavy atom. The molecule has 0 saturated carbocycles. The molecule has 0 radical (unpaired) electrons. The SMILES string of the molecule is CNC(=O)Nc1ccc(NC(=O)CSCC(=O)Nc2cc(C)on2)cc1. The van der Waals surface area contributed by atoms with Crippen molar-refractivity contribution < 1.29 is 18.9 Å². The maximum atomic E-state index is 11.9. The van der Waals surface area contributed by atoms with E-state index in [1.807, 2.05) is 0 Å². The van der Waals surface area contributed by atoms with Crippen molar-refractivity contribution in [2.24, 2.45) is 0 Å². The van der Waals surface area contributed by atoms with Gasteiger partial charge in [0.05, 0.1) is 11.5 Å². The summed E-state index contributed by atoms with van der Waals surface area (Å²) in [7, 11) is 1.52. The van der Waals surface area contributed by atoms with Crippen molar-refractivity contribution in [1.29, 1.82) is 0 Å². The third-order valence-corrected chi connectivity index (χ3v) is 3.95. The van der Waals surface area contributed by atoms with Crippen LogP contribution in [0.2, 0.25) is 0 Å². The molecule has 0 aliphatic heterocycles. The zero-order valence-corrected chi connectivity index (χ0v) is 15.1. The number of nitrogens with one attached hydrogen (secondary N) is 4. The highest BCUT2D eigenvalue weighted by atomic mass is 32.2. The van der Waals surface area contributed by atoms with Crippen LogP contribution in [-0.4, -0.2) is 41.6 Å². The number of rotatable bonds is 7. The van der Waals surface area contributed by atoms with Crippen LogP contribution in [0, 0.1) is 6.92 Å². The third-order valence-electron chi connectivity index (χ3n) is 3.02. The summed E-state index contributed by atoms with van der Waals surface area (Å²) in [6.07, 6.45) is 0. The van der Waals surface area contributed by atoms with Crippen LogP contribution in [0.1, 0.15) is 5.76 Å².